The molecule has 1 amide bonds. The second-order valence-corrected chi connectivity index (χ2v) is 8.21. The van der Waals surface area contributed by atoms with E-state index in [0.29, 0.717) is 6.54 Å². The first-order valence-corrected chi connectivity index (χ1v) is 10.7. The molecule has 2 atom stereocenters. The Morgan fingerprint density at radius 2 is 1.87 bits per heavy atom. The fraction of sp³-hybridized carbons (Fsp3) is 0.269. The van der Waals surface area contributed by atoms with Crippen LogP contribution in [0.4, 0.5) is 0 Å². The van der Waals surface area contributed by atoms with Gasteiger partial charge >= 0.3 is 0 Å². The molecule has 0 saturated heterocycles. The fourth-order valence-electron chi connectivity index (χ4n) is 4.22. The van der Waals surface area contributed by atoms with Crippen LogP contribution in [0.1, 0.15) is 30.0 Å². The van der Waals surface area contributed by atoms with Gasteiger partial charge in [-0.15, -0.1) is 0 Å². The third-order valence-electron chi connectivity index (χ3n) is 6.07. The number of aliphatic imine (C=N–C) groups is 1. The van der Waals surface area contributed by atoms with E-state index in [0.717, 1.165) is 42.1 Å². The second-order valence-electron chi connectivity index (χ2n) is 8.21. The first-order chi connectivity index (χ1) is 15.2. The summed E-state index contributed by atoms with van der Waals surface area (Å²) < 4.78 is 0. The Bertz CT molecular complexity index is 1090. The number of nitrogens with two attached hydrogens (primary N) is 1. The Hall–Kier alpha value is -3.31. The van der Waals surface area contributed by atoms with Crippen LogP contribution in [-0.2, 0) is 11.2 Å². The minimum Gasteiger partial charge on any atom is -0.368 e. The monoisotopic (exact) mass is 412 g/mol. The van der Waals surface area contributed by atoms with Crippen LogP contribution in [0, 0.1) is 5.41 Å². The van der Waals surface area contributed by atoms with Gasteiger partial charge in [0.25, 0.3) is 0 Å². The van der Waals surface area contributed by atoms with E-state index in [2.05, 4.69) is 45.6 Å². The molecular weight excluding hydrogens is 384 g/mol. The van der Waals surface area contributed by atoms with Crippen LogP contribution in [-0.4, -0.2) is 30.2 Å². The molecule has 5 nitrogen and oxygen atoms in total. The Morgan fingerprint density at radius 1 is 1.06 bits per heavy atom. The SMILES string of the molecule is NC(=O)C(NCCC1(CCc2ccncc2)C=CC=NC1)c1ccc2ccccc2c1. The Balaban J connectivity index is 1.43. The number of primary amides is 1. The summed E-state index contributed by atoms with van der Waals surface area (Å²) in [5.74, 6) is -0.363. The summed E-state index contributed by atoms with van der Waals surface area (Å²) in [7, 11) is 0. The number of nitrogens with zero attached hydrogens (tertiary/aromatic N) is 2. The van der Waals surface area contributed by atoms with Gasteiger partial charge in [0.15, 0.2) is 0 Å². The number of carbonyl (C=O) groups excluding carboxylic acids is 1. The van der Waals surface area contributed by atoms with Crippen molar-refractivity contribution in [1.29, 1.82) is 0 Å². The van der Waals surface area contributed by atoms with E-state index in [1.807, 2.05) is 55.0 Å². The number of hydrogen-bond donors (Lipinski definition) is 2. The minimum atomic E-state index is -0.516. The van der Waals surface area contributed by atoms with Gasteiger partial charge in [-0.3, -0.25) is 14.8 Å². The summed E-state index contributed by atoms with van der Waals surface area (Å²) in [6.45, 7) is 1.43. The number of amides is 1. The average molecular weight is 413 g/mol. The summed E-state index contributed by atoms with van der Waals surface area (Å²) in [6, 6.07) is 17.8. The highest BCUT2D eigenvalue weighted by molar-refractivity contribution is 5.86. The number of carbonyl (C=O) groups is 1. The average Bonchev–Trinajstić information content (AvgIpc) is 2.81. The largest absolute Gasteiger partial charge is 0.368 e. The van der Waals surface area contributed by atoms with Crippen molar-refractivity contribution in [1.82, 2.24) is 10.3 Å². The lowest BCUT2D eigenvalue weighted by Crippen LogP contribution is -2.37. The quantitative estimate of drug-likeness (QED) is 0.557. The van der Waals surface area contributed by atoms with Gasteiger partial charge < -0.3 is 11.1 Å². The van der Waals surface area contributed by atoms with Crippen LogP contribution in [0.2, 0.25) is 0 Å². The molecule has 2 unspecified atom stereocenters. The molecular formula is C26H28N4O. The first-order valence-electron chi connectivity index (χ1n) is 10.7. The van der Waals surface area contributed by atoms with Gasteiger partial charge in [0.05, 0.1) is 0 Å². The standard InChI is InChI=1S/C26H28N4O/c27-25(31)24(23-7-6-21-4-1-2-5-22(21)18-23)30-17-13-26(11-3-14-29-19-26)12-8-20-9-15-28-16-10-20/h1-7,9-11,14-16,18,24,30H,8,12-13,17,19H2,(H2,27,31). The molecule has 158 valence electrons. The number of hydrogen-bond acceptors (Lipinski definition) is 4. The van der Waals surface area contributed by atoms with Crippen LogP contribution in [0.25, 0.3) is 10.8 Å². The van der Waals surface area contributed by atoms with E-state index in [4.69, 9.17) is 5.73 Å². The summed E-state index contributed by atoms with van der Waals surface area (Å²) in [4.78, 5) is 20.8. The van der Waals surface area contributed by atoms with E-state index in [-0.39, 0.29) is 11.3 Å². The van der Waals surface area contributed by atoms with Crippen molar-refractivity contribution in [3.05, 3.63) is 90.3 Å². The van der Waals surface area contributed by atoms with Gasteiger partial charge in [-0.2, -0.15) is 0 Å². The van der Waals surface area contributed by atoms with Crippen molar-refractivity contribution in [3.63, 3.8) is 0 Å². The number of fused-ring (bicyclic) bond motifs is 1. The van der Waals surface area contributed by atoms with E-state index in [1.165, 1.54) is 5.56 Å². The zero-order chi connectivity index (χ0) is 21.5. The molecule has 31 heavy (non-hydrogen) atoms. The van der Waals surface area contributed by atoms with Crippen LogP contribution in [0.3, 0.4) is 0 Å². The number of benzene rings is 2. The lowest BCUT2D eigenvalue weighted by molar-refractivity contribution is -0.120. The molecule has 0 radical (unpaired) electrons. The van der Waals surface area contributed by atoms with E-state index in [1.54, 1.807) is 0 Å². The molecule has 1 aromatic heterocycles. The maximum atomic E-state index is 12.2. The topological polar surface area (TPSA) is 80.4 Å². The van der Waals surface area contributed by atoms with E-state index in [9.17, 15) is 4.79 Å². The Kier molecular flexibility index (Phi) is 6.53. The number of pyridine rings is 1. The molecule has 1 aliphatic heterocycles. The highest BCUT2D eigenvalue weighted by atomic mass is 16.1. The van der Waals surface area contributed by atoms with Crippen LogP contribution >= 0.6 is 0 Å². The first kappa shape index (κ1) is 20.9. The number of aryl methyl sites for hydroxylation is 1. The number of allylic oxidation sites excluding steroid dienone is 1. The molecule has 0 saturated carbocycles. The zero-order valence-electron chi connectivity index (χ0n) is 17.6. The highest BCUT2D eigenvalue weighted by Crippen LogP contribution is 2.32. The number of aromatic nitrogens is 1. The van der Waals surface area contributed by atoms with E-state index < -0.39 is 6.04 Å². The second kappa shape index (κ2) is 9.67. The molecule has 0 aliphatic carbocycles. The number of rotatable bonds is 9. The lowest BCUT2D eigenvalue weighted by Gasteiger charge is -2.31. The van der Waals surface area contributed by atoms with Crippen molar-refractivity contribution in [2.75, 3.05) is 13.1 Å². The molecule has 5 heteroatoms. The highest BCUT2D eigenvalue weighted by Gasteiger charge is 2.28. The summed E-state index contributed by atoms with van der Waals surface area (Å²) >= 11 is 0. The lowest BCUT2D eigenvalue weighted by atomic mass is 9.78. The summed E-state index contributed by atoms with van der Waals surface area (Å²) in [6.07, 6.45) is 12.7. The van der Waals surface area contributed by atoms with Gasteiger partial charge in [0, 0.05) is 30.6 Å². The minimum absolute atomic E-state index is 0.0311. The molecule has 3 aromatic rings. The Morgan fingerprint density at radius 3 is 2.61 bits per heavy atom. The van der Waals surface area contributed by atoms with Crippen molar-refractivity contribution in [2.24, 2.45) is 16.1 Å². The number of dihydropyridines is 1. The van der Waals surface area contributed by atoms with Gasteiger partial charge in [-0.1, -0.05) is 42.5 Å². The van der Waals surface area contributed by atoms with Gasteiger partial charge in [0.2, 0.25) is 5.91 Å². The maximum Gasteiger partial charge on any atom is 0.239 e. The molecule has 0 bridgehead atoms. The fourth-order valence-corrected chi connectivity index (χ4v) is 4.22. The predicted molar refractivity (Wildman–Crippen MR) is 126 cm³/mol. The summed E-state index contributed by atoms with van der Waals surface area (Å²) in [5.41, 5.74) is 7.90. The number of nitrogens with one attached hydrogen (secondary N) is 1. The van der Waals surface area contributed by atoms with E-state index >= 15 is 0 Å². The molecule has 2 heterocycles. The zero-order valence-corrected chi connectivity index (χ0v) is 17.6. The third-order valence-corrected chi connectivity index (χ3v) is 6.07. The molecule has 2 aromatic carbocycles. The molecule has 4 rings (SSSR count). The smallest absolute Gasteiger partial charge is 0.239 e. The predicted octanol–water partition coefficient (Wildman–Crippen LogP) is 4.00. The van der Waals surface area contributed by atoms with Gasteiger partial charge in [-0.25, -0.2) is 0 Å². The van der Waals surface area contributed by atoms with Crippen molar-refractivity contribution >= 4 is 22.9 Å². The van der Waals surface area contributed by atoms with Crippen LogP contribution in [0.15, 0.2) is 84.1 Å². The summed E-state index contributed by atoms with van der Waals surface area (Å²) in [5, 5.41) is 5.65. The third kappa shape index (κ3) is 5.25. The maximum absolute atomic E-state index is 12.2. The molecule has 0 spiro atoms. The Labute approximate surface area is 183 Å². The normalized spacial score (nSPS) is 18.8. The molecule has 1 aliphatic rings. The van der Waals surface area contributed by atoms with Crippen molar-refractivity contribution < 1.29 is 4.79 Å². The van der Waals surface area contributed by atoms with Crippen LogP contribution in [0.5, 0.6) is 0 Å². The van der Waals surface area contributed by atoms with Crippen molar-refractivity contribution in [3.8, 4) is 0 Å². The van der Waals surface area contributed by atoms with Gasteiger partial charge in [0.1, 0.15) is 6.04 Å². The molecule has 0 fully saturated rings. The van der Waals surface area contributed by atoms with Crippen molar-refractivity contribution in [2.45, 2.75) is 25.3 Å². The molecule has 3 N–H and O–H groups in total. The van der Waals surface area contributed by atoms with Gasteiger partial charge in [-0.05, 0) is 72.0 Å². The van der Waals surface area contributed by atoms with Crippen LogP contribution < -0.4 is 11.1 Å².